The maximum absolute atomic E-state index is 5.67. The molecule has 76 valence electrons. The van der Waals surface area contributed by atoms with Crippen LogP contribution in [0.5, 0.6) is 0 Å². The Labute approximate surface area is 82.9 Å². The maximum atomic E-state index is 5.67. The van der Waals surface area contributed by atoms with Crippen molar-refractivity contribution in [3.8, 4) is 0 Å². The SMILES string of the molecule is CC(N)c1nnc(C2CC3CC3C2)o1. The van der Waals surface area contributed by atoms with Gasteiger partial charge in [-0.2, -0.15) is 0 Å². The Morgan fingerprint density at radius 2 is 2.00 bits per heavy atom. The Bertz CT molecular complexity index is 337. The molecule has 4 heteroatoms. The van der Waals surface area contributed by atoms with Crippen molar-refractivity contribution in [2.24, 2.45) is 17.6 Å². The van der Waals surface area contributed by atoms with E-state index in [4.69, 9.17) is 10.2 Å². The van der Waals surface area contributed by atoms with Crippen LogP contribution in [0.1, 0.15) is 49.9 Å². The highest BCUT2D eigenvalue weighted by atomic mass is 16.4. The summed E-state index contributed by atoms with van der Waals surface area (Å²) in [5.74, 6) is 3.79. The van der Waals surface area contributed by atoms with Gasteiger partial charge in [-0.25, -0.2) is 0 Å². The van der Waals surface area contributed by atoms with Gasteiger partial charge in [0.2, 0.25) is 11.8 Å². The van der Waals surface area contributed by atoms with Crippen LogP contribution in [0.25, 0.3) is 0 Å². The second-order valence-electron chi connectivity index (χ2n) is 4.69. The standard InChI is InChI=1S/C10H15N3O/c1-5(11)9-12-13-10(14-9)8-3-6-2-7(6)4-8/h5-8H,2-4,11H2,1H3. The third-order valence-electron chi connectivity index (χ3n) is 3.44. The van der Waals surface area contributed by atoms with E-state index in [-0.39, 0.29) is 6.04 Å². The van der Waals surface area contributed by atoms with Gasteiger partial charge >= 0.3 is 0 Å². The first kappa shape index (κ1) is 8.41. The van der Waals surface area contributed by atoms with Gasteiger partial charge in [0.05, 0.1) is 6.04 Å². The zero-order valence-electron chi connectivity index (χ0n) is 8.31. The van der Waals surface area contributed by atoms with Crippen molar-refractivity contribution in [1.82, 2.24) is 10.2 Å². The average molecular weight is 193 g/mol. The van der Waals surface area contributed by atoms with Crippen molar-refractivity contribution in [2.75, 3.05) is 0 Å². The number of rotatable bonds is 2. The van der Waals surface area contributed by atoms with E-state index in [1.54, 1.807) is 0 Å². The van der Waals surface area contributed by atoms with Crippen LogP contribution in [0.15, 0.2) is 4.42 Å². The van der Waals surface area contributed by atoms with E-state index in [2.05, 4.69) is 10.2 Å². The minimum Gasteiger partial charge on any atom is -0.423 e. The van der Waals surface area contributed by atoms with Gasteiger partial charge in [-0.3, -0.25) is 0 Å². The summed E-state index contributed by atoms with van der Waals surface area (Å²) >= 11 is 0. The van der Waals surface area contributed by atoms with Crippen molar-refractivity contribution in [3.05, 3.63) is 11.8 Å². The van der Waals surface area contributed by atoms with E-state index in [1.165, 1.54) is 19.3 Å². The lowest BCUT2D eigenvalue weighted by atomic mass is 10.0. The second kappa shape index (κ2) is 2.79. The Hall–Kier alpha value is -0.900. The summed E-state index contributed by atoms with van der Waals surface area (Å²) in [6.45, 7) is 1.86. The van der Waals surface area contributed by atoms with Crippen molar-refractivity contribution < 1.29 is 4.42 Å². The quantitative estimate of drug-likeness (QED) is 0.774. The van der Waals surface area contributed by atoms with E-state index in [9.17, 15) is 0 Å². The Morgan fingerprint density at radius 3 is 2.57 bits per heavy atom. The molecule has 2 fully saturated rings. The van der Waals surface area contributed by atoms with Crippen LogP contribution in [0, 0.1) is 11.8 Å². The molecule has 2 saturated carbocycles. The van der Waals surface area contributed by atoms with Crippen LogP contribution in [-0.4, -0.2) is 10.2 Å². The first-order valence-corrected chi connectivity index (χ1v) is 5.33. The number of hydrogen-bond donors (Lipinski definition) is 1. The molecule has 2 aliphatic rings. The number of nitrogens with two attached hydrogens (primary N) is 1. The highest BCUT2D eigenvalue weighted by molar-refractivity contribution is 5.06. The fourth-order valence-electron chi connectivity index (χ4n) is 2.51. The summed E-state index contributed by atoms with van der Waals surface area (Å²) in [5, 5.41) is 8.04. The molecule has 1 aromatic rings. The molecule has 2 aliphatic carbocycles. The largest absolute Gasteiger partial charge is 0.423 e. The zero-order valence-corrected chi connectivity index (χ0v) is 8.31. The molecule has 3 atom stereocenters. The predicted octanol–water partition coefficient (Wildman–Crippen LogP) is 1.60. The molecule has 0 bridgehead atoms. The summed E-state index contributed by atoms with van der Waals surface area (Å²) in [6, 6.07) is -0.146. The molecule has 3 rings (SSSR count). The van der Waals surface area contributed by atoms with Gasteiger partial charge in [0.15, 0.2) is 0 Å². The van der Waals surface area contributed by atoms with Gasteiger partial charge < -0.3 is 10.2 Å². The van der Waals surface area contributed by atoms with Crippen LogP contribution >= 0.6 is 0 Å². The highest BCUT2D eigenvalue weighted by Crippen LogP contribution is 2.57. The minimum absolute atomic E-state index is 0.146. The van der Waals surface area contributed by atoms with Crippen LogP contribution in [0.3, 0.4) is 0 Å². The average Bonchev–Trinajstić information content (AvgIpc) is 2.69. The van der Waals surface area contributed by atoms with E-state index < -0.39 is 0 Å². The molecule has 2 N–H and O–H groups in total. The third-order valence-corrected chi connectivity index (χ3v) is 3.44. The molecule has 1 heterocycles. The lowest BCUT2D eigenvalue weighted by Crippen LogP contribution is -2.04. The van der Waals surface area contributed by atoms with Gasteiger partial charge in [0, 0.05) is 5.92 Å². The zero-order chi connectivity index (χ0) is 9.71. The van der Waals surface area contributed by atoms with Crippen LogP contribution < -0.4 is 5.73 Å². The topological polar surface area (TPSA) is 64.9 Å². The summed E-state index contributed by atoms with van der Waals surface area (Å²) < 4.78 is 5.55. The fourth-order valence-corrected chi connectivity index (χ4v) is 2.51. The molecule has 4 nitrogen and oxygen atoms in total. The summed E-state index contributed by atoms with van der Waals surface area (Å²) in [5.41, 5.74) is 5.67. The number of hydrogen-bond acceptors (Lipinski definition) is 4. The van der Waals surface area contributed by atoms with Crippen LogP contribution in [-0.2, 0) is 0 Å². The molecule has 0 amide bonds. The normalized spacial score (nSPS) is 36.9. The maximum Gasteiger partial charge on any atom is 0.232 e. The first-order chi connectivity index (χ1) is 6.74. The number of fused-ring (bicyclic) bond motifs is 1. The summed E-state index contributed by atoms with van der Waals surface area (Å²) in [4.78, 5) is 0. The minimum atomic E-state index is -0.146. The summed E-state index contributed by atoms with van der Waals surface area (Å²) in [7, 11) is 0. The summed E-state index contributed by atoms with van der Waals surface area (Å²) in [6.07, 6.45) is 3.90. The van der Waals surface area contributed by atoms with Crippen LogP contribution in [0.2, 0.25) is 0 Å². The van der Waals surface area contributed by atoms with E-state index in [1.807, 2.05) is 6.92 Å². The molecule has 14 heavy (non-hydrogen) atoms. The van der Waals surface area contributed by atoms with Gasteiger partial charge in [0.1, 0.15) is 0 Å². The second-order valence-corrected chi connectivity index (χ2v) is 4.69. The molecular formula is C10H15N3O. The van der Waals surface area contributed by atoms with Crippen molar-refractivity contribution >= 4 is 0 Å². The molecule has 0 aliphatic heterocycles. The van der Waals surface area contributed by atoms with Gasteiger partial charge in [-0.1, -0.05) is 0 Å². The van der Waals surface area contributed by atoms with E-state index in [0.717, 1.165) is 17.7 Å². The Balaban J connectivity index is 1.76. The smallest absolute Gasteiger partial charge is 0.232 e. The Morgan fingerprint density at radius 1 is 1.29 bits per heavy atom. The number of aromatic nitrogens is 2. The molecule has 3 unspecified atom stereocenters. The van der Waals surface area contributed by atoms with Crippen molar-refractivity contribution in [2.45, 2.75) is 38.1 Å². The third kappa shape index (κ3) is 1.25. The van der Waals surface area contributed by atoms with Crippen LogP contribution in [0.4, 0.5) is 0 Å². The van der Waals surface area contributed by atoms with Gasteiger partial charge in [0.25, 0.3) is 0 Å². The molecule has 0 aromatic carbocycles. The van der Waals surface area contributed by atoms with E-state index in [0.29, 0.717) is 11.8 Å². The molecule has 0 saturated heterocycles. The molecular weight excluding hydrogens is 178 g/mol. The first-order valence-electron chi connectivity index (χ1n) is 5.33. The van der Waals surface area contributed by atoms with Gasteiger partial charge in [-0.05, 0) is 38.0 Å². The Kier molecular flexibility index (Phi) is 1.68. The predicted molar refractivity (Wildman–Crippen MR) is 50.5 cm³/mol. The molecule has 0 spiro atoms. The fraction of sp³-hybridized carbons (Fsp3) is 0.800. The van der Waals surface area contributed by atoms with Gasteiger partial charge in [-0.15, -0.1) is 10.2 Å². The molecule has 0 radical (unpaired) electrons. The van der Waals surface area contributed by atoms with E-state index >= 15 is 0 Å². The monoisotopic (exact) mass is 193 g/mol. The van der Waals surface area contributed by atoms with Crippen molar-refractivity contribution in [1.29, 1.82) is 0 Å². The van der Waals surface area contributed by atoms with Crippen molar-refractivity contribution in [3.63, 3.8) is 0 Å². The lowest BCUT2D eigenvalue weighted by Gasteiger charge is -2.04. The lowest BCUT2D eigenvalue weighted by molar-refractivity contribution is 0.389. The number of nitrogens with zero attached hydrogens (tertiary/aromatic N) is 2. The molecule has 1 aromatic heterocycles. The highest BCUT2D eigenvalue weighted by Gasteiger charge is 2.47.